The maximum absolute atomic E-state index is 12.4. The lowest BCUT2D eigenvalue weighted by Crippen LogP contribution is -2.45. The van der Waals surface area contributed by atoms with Crippen LogP contribution in [0.15, 0.2) is 42.5 Å². The van der Waals surface area contributed by atoms with E-state index in [1.165, 1.54) is 12.1 Å². The Hall–Kier alpha value is -1.54. The lowest BCUT2D eigenvalue weighted by atomic mass is 10.00. The van der Waals surface area contributed by atoms with Crippen molar-refractivity contribution in [2.75, 3.05) is 26.2 Å². The normalized spacial score (nSPS) is 16.0. The molecule has 1 saturated heterocycles. The first-order chi connectivity index (χ1) is 11.9. The molecule has 0 amide bonds. The number of aryl methyl sites for hydroxylation is 1. The average molecular weight is 424 g/mol. The number of nitrogens with one attached hydrogen (secondary N) is 1. The number of alkyl halides is 3. The highest BCUT2D eigenvalue weighted by molar-refractivity contribution is 5.85. The molecule has 27 heavy (non-hydrogen) atoms. The standard InChI is InChI=1S/C18H20F3N3O.2ClH/c1-13-3-2-4-16(23-13)17(24-11-9-22-10-12-24)14-5-7-15(8-6-14)25-18(19,20)21;;/h2-8,17,22H,9-12H2,1H3;2*1H/t17-;;/m0../s1. The van der Waals surface area contributed by atoms with E-state index in [2.05, 4.69) is 19.9 Å². The first kappa shape index (κ1) is 23.5. The molecular formula is C18H22Cl2F3N3O. The fourth-order valence-electron chi connectivity index (χ4n) is 3.08. The number of ether oxygens (including phenoxy) is 1. The van der Waals surface area contributed by atoms with E-state index in [-0.39, 0.29) is 36.6 Å². The Labute approximate surface area is 168 Å². The minimum Gasteiger partial charge on any atom is -0.406 e. The van der Waals surface area contributed by atoms with Gasteiger partial charge in [-0.2, -0.15) is 0 Å². The molecule has 1 aliphatic heterocycles. The topological polar surface area (TPSA) is 37.4 Å². The second-order valence-electron chi connectivity index (χ2n) is 6.01. The van der Waals surface area contributed by atoms with Gasteiger partial charge in [-0.3, -0.25) is 9.88 Å². The molecule has 0 radical (unpaired) electrons. The number of halogens is 5. The van der Waals surface area contributed by atoms with Crippen LogP contribution in [0.25, 0.3) is 0 Å². The first-order valence-corrected chi connectivity index (χ1v) is 8.16. The Kier molecular flexibility index (Phi) is 8.81. The summed E-state index contributed by atoms with van der Waals surface area (Å²) in [5, 5.41) is 3.31. The average Bonchev–Trinajstić information content (AvgIpc) is 2.56. The van der Waals surface area contributed by atoms with Crippen LogP contribution in [0.2, 0.25) is 0 Å². The van der Waals surface area contributed by atoms with Gasteiger partial charge < -0.3 is 10.1 Å². The molecule has 0 bridgehead atoms. The second kappa shape index (κ2) is 10.1. The van der Waals surface area contributed by atoms with Crippen LogP contribution in [-0.2, 0) is 0 Å². The van der Waals surface area contributed by atoms with Gasteiger partial charge in [0, 0.05) is 31.9 Å². The molecule has 4 nitrogen and oxygen atoms in total. The summed E-state index contributed by atoms with van der Waals surface area (Å²) in [6, 6.07) is 11.8. The Morgan fingerprint density at radius 2 is 1.67 bits per heavy atom. The highest BCUT2D eigenvalue weighted by atomic mass is 35.5. The SMILES string of the molecule is Cc1cccc([C@H](c2ccc(OC(F)(F)F)cc2)N2CCNCC2)n1.Cl.Cl. The van der Waals surface area contributed by atoms with E-state index in [0.717, 1.165) is 43.1 Å². The molecule has 1 N–H and O–H groups in total. The maximum Gasteiger partial charge on any atom is 0.573 e. The van der Waals surface area contributed by atoms with Crippen LogP contribution >= 0.6 is 24.8 Å². The van der Waals surface area contributed by atoms with E-state index >= 15 is 0 Å². The molecule has 1 aromatic heterocycles. The van der Waals surface area contributed by atoms with Crippen molar-refractivity contribution in [2.24, 2.45) is 0 Å². The van der Waals surface area contributed by atoms with E-state index in [1.54, 1.807) is 12.1 Å². The van der Waals surface area contributed by atoms with E-state index < -0.39 is 6.36 Å². The van der Waals surface area contributed by atoms with Gasteiger partial charge >= 0.3 is 6.36 Å². The van der Waals surface area contributed by atoms with Gasteiger partial charge in [-0.1, -0.05) is 18.2 Å². The lowest BCUT2D eigenvalue weighted by Gasteiger charge is -2.35. The highest BCUT2D eigenvalue weighted by Crippen LogP contribution is 2.30. The summed E-state index contributed by atoms with van der Waals surface area (Å²) in [4.78, 5) is 6.92. The third kappa shape index (κ3) is 6.53. The Morgan fingerprint density at radius 1 is 1.04 bits per heavy atom. The molecule has 1 atom stereocenters. The van der Waals surface area contributed by atoms with Crippen molar-refractivity contribution in [3.05, 3.63) is 59.4 Å². The van der Waals surface area contributed by atoms with E-state index in [0.29, 0.717) is 0 Å². The van der Waals surface area contributed by atoms with Crippen molar-refractivity contribution in [3.8, 4) is 5.75 Å². The summed E-state index contributed by atoms with van der Waals surface area (Å²) in [6.45, 7) is 5.37. The summed E-state index contributed by atoms with van der Waals surface area (Å²) < 4.78 is 41.0. The number of rotatable bonds is 4. The molecule has 9 heteroatoms. The van der Waals surface area contributed by atoms with Crippen molar-refractivity contribution in [1.29, 1.82) is 0 Å². The molecule has 2 aromatic rings. The second-order valence-corrected chi connectivity index (χ2v) is 6.01. The summed E-state index contributed by atoms with van der Waals surface area (Å²) in [5.74, 6) is -0.215. The smallest absolute Gasteiger partial charge is 0.406 e. The van der Waals surface area contributed by atoms with Crippen molar-refractivity contribution < 1.29 is 17.9 Å². The van der Waals surface area contributed by atoms with Crippen molar-refractivity contribution in [1.82, 2.24) is 15.2 Å². The van der Waals surface area contributed by atoms with E-state index in [9.17, 15) is 13.2 Å². The summed E-state index contributed by atoms with van der Waals surface area (Å²) in [5.41, 5.74) is 2.70. The van der Waals surface area contributed by atoms with Gasteiger partial charge in [0.2, 0.25) is 0 Å². The van der Waals surface area contributed by atoms with Crippen molar-refractivity contribution in [2.45, 2.75) is 19.3 Å². The Balaban J connectivity index is 0.00000182. The lowest BCUT2D eigenvalue weighted by molar-refractivity contribution is -0.274. The number of hydrogen-bond donors (Lipinski definition) is 1. The van der Waals surface area contributed by atoms with Crippen molar-refractivity contribution in [3.63, 3.8) is 0 Å². The first-order valence-electron chi connectivity index (χ1n) is 8.16. The largest absolute Gasteiger partial charge is 0.573 e. The van der Waals surface area contributed by atoms with Crippen LogP contribution in [-0.4, -0.2) is 42.4 Å². The molecule has 0 aliphatic carbocycles. The van der Waals surface area contributed by atoms with Crippen LogP contribution in [0.4, 0.5) is 13.2 Å². The number of piperazine rings is 1. The summed E-state index contributed by atoms with van der Waals surface area (Å²) in [6.07, 6.45) is -4.68. The maximum atomic E-state index is 12.4. The molecule has 3 rings (SSSR count). The molecule has 1 aromatic carbocycles. The molecule has 1 fully saturated rings. The molecule has 0 unspecified atom stereocenters. The van der Waals surface area contributed by atoms with Gasteiger partial charge in [0.15, 0.2) is 0 Å². The van der Waals surface area contributed by atoms with Gasteiger partial charge in [0.25, 0.3) is 0 Å². The highest BCUT2D eigenvalue weighted by Gasteiger charge is 2.31. The van der Waals surface area contributed by atoms with Gasteiger partial charge in [-0.25, -0.2) is 0 Å². The quantitative estimate of drug-likeness (QED) is 0.801. The fourth-order valence-corrected chi connectivity index (χ4v) is 3.08. The number of benzene rings is 1. The number of nitrogens with zero attached hydrogens (tertiary/aromatic N) is 2. The van der Waals surface area contributed by atoms with E-state index in [4.69, 9.17) is 0 Å². The minimum atomic E-state index is -4.68. The zero-order valence-corrected chi connectivity index (χ0v) is 16.3. The van der Waals surface area contributed by atoms with E-state index in [1.807, 2.05) is 25.1 Å². The molecular weight excluding hydrogens is 402 g/mol. The predicted molar refractivity (Wildman–Crippen MR) is 103 cm³/mol. The van der Waals surface area contributed by atoms with Crippen LogP contribution < -0.4 is 10.1 Å². The number of hydrogen-bond acceptors (Lipinski definition) is 4. The zero-order valence-electron chi connectivity index (χ0n) is 14.7. The minimum absolute atomic E-state index is 0. The van der Waals surface area contributed by atoms with Gasteiger partial charge in [0.1, 0.15) is 5.75 Å². The van der Waals surface area contributed by atoms with Gasteiger partial charge in [-0.15, -0.1) is 38.0 Å². The zero-order chi connectivity index (χ0) is 17.9. The molecule has 0 saturated carbocycles. The van der Waals surface area contributed by atoms with Gasteiger partial charge in [-0.05, 0) is 36.8 Å². The molecule has 150 valence electrons. The molecule has 2 heterocycles. The van der Waals surface area contributed by atoms with Crippen molar-refractivity contribution >= 4 is 24.8 Å². The van der Waals surface area contributed by atoms with Crippen LogP contribution in [0, 0.1) is 6.92 Å². The van der Waals surface area contributed by atoms with Gasteiger partial charge in [0.05, 0.1) is 11.7 Å². The van der Waals surface area contributed by atoms with Crippen LogP contribution in [0.1, 0.15) is 23.0 Å². The number of pyridine rings is 1. The molecule has 1 aliphatic rings. The third-order valence-corrected chi connectivity index (χ3v) is 4.14. The predicted octanol–water partition coefficient (Wildman–Crippen LogP) is 4.13. The third-order valence-electron chi connectivity index (χ3n) is 4.14. The summed E-state index contributed by atoms with van der Waals surface area (Å²) in [7, 11) is 0. The number of aromatic nitrogens is 1. The fraction of sp³-hybridized carbons (Fsp3) is 0.389. The Bertz CT molecular complexity index is 708. The monoisotopic (exact) mass is 423 g/mol. The van der Waals surface area contributed by atoms with Crippen LogP contribution in [0.3, 0.4) is 0 Å². The molecule has 0 spiro atoms. The summed E-state index contributed by atoms with van der Waals surface area (Å²) >= 11 is 0. The van der Waals surface area contributed by atoms with Crippen LogP contribution in [0.5, 0.6) is 5.75 Å². The Morgan fingerprint density at radius 3 is 2.22 bits per heavy atom.